The van der Waals surface area contributed by atoms with Crippen molar-refractivity contribution in [1.82, 2.24) is 4.90 Å². The van der Waals surface area contributed by atoms with Crippen LogP contribution in [0.5, 0.6) is 0 Å². The lowest BCUT2D eigenvalue weighted by atomic mass is 9.85. The number of piperidine rings is 1. The highest BCUT2D eigenvalue weighted by molar-refractivity contribution is 5.15. The van der Waals surface area contributed by atoms with Crippen LogP contribution in [0, 0.1) is 5.92 Å². The fourth-order valence-corrected chi connectivity index (χ4v) is 3.40. The van der Waals surface area contributed by atoms with Crippen LogP contribution in [-0.2, 0) is 11.2 Å². The number of methoxy groups -OCH3 is 1. The van der Waals surface area contributed by atoms with Gasteiger partial charge in [0.15, 0.2) is 0 Å². The van der Waals surface area contributed by atoms with Crippen molar-refractivity contribution in [2.45, 2.75) is 44.8 Å². The highest BCUT2D eigenvalue weighted by Gasteiger charge is 2.38. The number of nitrogens with zero attached hydrogens (tertiary/aromatic N) is 1. The monoisotopic (exact) mass is 290 g/mol. The standard InChI is InChI=1S/C18H30N2O/c1-15(21-3)18(2,14-19)20-11-9-17(10-12-20)13-16-7-5-4-6-8-16/h4-8,15,17H,9-14,19H2,1-3H3. The van der Waals surface area contributed by atoms with Crippen LogP contribution in [0.25, 0.3) is 0 Å². The molecule has 0 spiro atoms. The quantitative estimate of drug-likeness (QED) is 0.875. The van der Waals surface area contributed by atoms with Crippen molar-refractivity contribution in [2.24, 2.45) is 11.7 Å². The first-order valence-corrected chi connectivity index (χ1v) is 8.12. The van der Waals surface area contributed by atoms with Gasteiger partial charge in [0.1, 0.15) is 0 Å². The van der Waals surface area contributed by atoms with Gasteiger partial charge in [0.2, 0.25) is 0 Å². The molecule has 1 heterocycles. The van der Waals surface area contributed by atoms with Gasteiger partial charge in [-0.3, -0.25) is 4.90 Å². The van der Waals surface area contributed by atoms with Crippen molar-refractivity contribution in [3.8, 4) is 0 Å². The molecule has 118 valence electrons. The van der Waals surface area contributed by atoms with Crippen molar-refractivity contribution in [3.63, 3.8) is 0 Å². The van der Waals surface area contributed by atoms with Gasteiger partial charge in [-0.1, -0.05) is 30.3 Å². The summed E-state index contributed by atoms with van der Waals surface area (Å²) in [4.78, 5) is 2.53. The van der Waals surface area contributed by atoms with E-state index in [0.717, 1.165) is 19.0 Å². The molecule has 1 aromatic rings. The maximum Gasteiger partial charge on any atom is 0.0736 e. The molecule has 0 aliphatic carbocycles. The van der Waals surface area contributed by atoms with E-state index < -0.39 is 0 Å². The summed E-state index contributed by atoms with van der Waals surface area (Å²) in [5.41, 5.74) is 7.46. The lowest BCUT2D eigenvalue weighted by Gasteiger charge is -2.47. The average Bonchev–Trinajstić information content (AvgIpc) is 2.55. The number of benzene rings is 1. The first-order valence-electron chi connectivity index (χ1n) is 8.12. The smallest absolute Gasteiger partial charge is 0.0736 e. The second-order valence-electron chi connectivity index (χ2n) is 6.56. The zero-order valence-corrected chi connectivity index (χ0v) is 13.7. The van der Waals surface area contributed by atoms with E-state index in [1.54, 1.807) is 7.11 Å². The molecule has 2 N–H and O–H groups in total. The lowest BCUT2D eigenvalue weighted by molar-refractivity contribution is -0.0442. The SMILES string of the molecule is COC(C)C(C)(CN)N1CCC(Cc2ccccc2)CC1. The number of rotatable bonds is 6. The van der Waals surface area contributed by atoms with Gasteiger partial charge in [-0.25, -0.2) is 0 Å². The average molecular weight is 290 g/mol. The first kappa shape index (κ1) is 16.5. The van der Waals surface area contributed by atoms with Gasteiger partial charge in [-0.2, -0.15) is 0 Å². The molecule has 0 amide bonds. The van der Waals surface area contributed by atoms with Gasteiger partial charge in [0, 0.05) is 13.7 Å². The fraction of sp³-hybridized carbons (Fsp3) is 0.667. The molecular formula is C18H30N2O. The van der Waals surface area contributed by atoms with Crippen molar-refractivity contribution >= 4 is 0 Å². The van der Waals surface area contributed by atoms with Crippen LogP contribution in [0.15, 0.2) is 30.3 Å². The summed E-state index contributed by atoms with van der Waals surface area (Å²) in [7, 11) is 1.78. The number of hydrogen-bond donors (Lipinski definition) is 1. The molecule has 21 heavy (non-hydrogen) atoms. The Morgan fingerprint density at radius 2 is 1.90 bits per heavy atom. The molecule has 0 bridgehead atoms. The summed E-state index contributed by atoms with van der Waals surface area (Å²) in [5, 5.41) is 0. The van der Waals surface area contributed by atoms with Gasteiger partial charge in [0.25, 0.3) is 0 Å². The van der Waals surface area contributed by atoms with Gasteiger partial charge in [-0.05, 0) is 57.7 Å². The Balaban J connectivity index is 1.90. The Hall–Kier alpha value is -0.900. The van der Waals surface area contributed by atoms with Crippen LogP contribution in [0.2, 0.25) is 0 Å². The Morgan fingerprint density at radius 3 is 2.43 bits per heavy atom. The van der Waals surface area contributed by atoms with Gasteiger partial charge in [0.05, 0.1) is 11.6 Å². The zero-order chi connectivity index (χ0) is 15.3. The van der Waals surface area contributed by atoms with Crippen LogP contribution in [-0.4, -0.2) is 43.3 Å². The largest absolute Gasteiger partial charge is 0.380 e. The van der Waals surface area contributed by atoms with E-state index in [1.807, 2.05) is 0 Å². The number of hydrogen-bond acceptors (Lipinski definition) is 3. The third-order valence-corrected chi connectivity index (χ3v) is 5.35. The van der Waals surface area contributed by atoms with Crippen molar-refractivity contribution in [3.05, 3.63) is 35.9 Å². The molecule has 2 rings (SSSR count). The van der Waals surface area contributed by atoms with E-state index in [0.29, 0.717) is 6.54 Å². The molecule has 1 aromatic carbocycles. The molecule has 0 saturated carbocycles. The van der Waals surface area contributed by atoms with Crippen LogP contribution < -0.4 is 5.73 Å². The Morgan fingerprint density at radius 1 is 1.29 bits per heavy atom. The molecule has 2 atom stereocenters. The Kier molecular flexibility index (Phi) is 5.80. The fourth-order valence-electron chi connectivity index (χ4n) is 3.40. The van der Waals surface area contributed by atoms with E-state index in [1.165, 1.54) is 24.8 Å². The maximum atomic E-state index is 6.05. The van der Waals surface area contributed by atoms with E-state index in [9.17, 15) is 0 Å². The molecule has 2 unspecified atom stereocenters. The minimum absolute atomic E-state index is 0.0491. The Bertz CT molecular complexity index is 414. The molecule has 0 radical (unpaired) electrons. The van der Waals surface area contributed by atoms with Crippen LogP contribution in [0.1, 0.15) is 32.3 Å². The highest BCUT2D eigenvalue weighted by Crippen LogP contribution is 2.29. The zero-order valence-electron chi connectivity index (χ0n) is 13.7. The topological polar surface area (TPSA) is 38.5 Å². The van der Waals surface area contributed by atoms with Gasteiger partial charge < -0.3 is 10.5 Å². The summed E-state index contributed by atoms with van der Waals surface area (Å²) < 4.78 is 5.56. The van der Waals surface area contributed by atoms with Crippen LogP contribution in [0.4, 0.5) is 0 Å². The summed E-state index contributed by atoms with van der Waals surface area (Å²) in [6, 6.07) is 10.8. The van der Waals surface area contributed by atoms with Crippen LogP contribution in [0.3, 0.4) is 0 Å². The van der Waals surface area contributed by atoms with Crippen LogP contribution >= 0.6 is 0 Å². The highest BCUT2D eigenvalue weighted by atomic mass is 16.5. The van der Waals surface area contributed by atoms with Gasteiger partial charge >= 0.3 is 0 Å². The summed E-state index contributed by atoms with van der Waals surface area (Å²) in [6.45, 7) is 7.25. The molecule has 1 aliphatic rings. The predicted molar refractivity (Wildman–Crippen MR) is 88.4 cm³/mol. The van der Waals surface area contributed by atoms with E-state index in [-0.39, 0.29) is 11.6 Å². The number of ether oxygens (including phenoxy) is 1. The molecular weight excluding hydrogens is 260 g/mol. The molecule has 1 aliphatic heterocycles. The minimum atomic E-state index is -0.0491. The van der Waals surface area contributed by atoms with Crippen molar-refractivity contribution in [1.29, 1.82) is 0 Å². The molecule has 3 heteroatoms. The first-order chi connectivity index (χ1) is 10.1. The molecule has 3 nitrogen and oxygen atoms in total. The minimum Gasteiger partial charge on any atom is -0.380 e. The lowest BCUT2D eigenvalue weighted by Crippen LogP contribution is -2.60. The second-order valence-corrected chi connectivity index (χ2v) is 6.56. The van der Waals surface area contributed by atoms with E-state index >= 15 is 0 Å². The summed E-state index contributed by atoms with van der Waals surface area (Å²) in [6.07, 6.45) is 3.86. The van der Waals surface area contributed by atoms with Crippen molar-refractivity contribution in [2.75, 3.05) is 26.7 Å². The van der Waals surface area contributed by atoms with E-state index in [4.69, 9.17) is 10.5 Å². The predicted octanol–water partition coefficient (Wildman–Crippen LogP) is 2.69. The van der Waals surface area contributed by atoms with Gasteiger partial charge in [-0.15, -0.1) is 0 Å². The number of likely N-dealkylation sites (tertiary alicyclic amines) is 1. The summed E-state index contributed by atoms with van der Waals surface area (Å²) in [5.74, 6) is 0.795. The molecule has 1 fully saturated rings. The third-order valence-electron chi connectivity index (χ3n) is 5.35. The van der Waals surface area contributed by atoms with E-state index in [2.05, 4.69) is 49.1 Å². The summed E-state index contributed by atoms with van der Waals surface area (Å²) >= 11 is 0. The van der Waals surface area contributed by atoms with Crippen molar-refractivity contribution < 1.29 is 4.74 Å². The maximum absolute atomic E-state index is 6.05. The normalized spacial score (nSPS) is 21.9. The second kappa shape index (κ2) is 7.39. The number of nitrogens with two attached hydrogens (primary N) is 1. The molecule has 0 aromatic heterocycles. The molecule has 1 saturated heterocycles. The Labute approximate surface area is 129 Å². The third kappa shape index (κ3) is 3.85.